The van der Waals surface area contributed by atoms with Gasteiger partial charge in [0.1, 0.15) is 54.9 Å². The third kappa shape index (κ3) is 9.18. The van der Waals surface area contributed by atoms with E-state index in [1.807, 2.05) is 48.5 Å². The van der Waals surface area contributed by atoms with Gasteiger partial charge in [0, 0.05) is 12.8 Å². The molecule has 0 saturated carbocycles. The lowest BCUT2D eigenvalue weighted by Gasteiger charge is -2.47. The van der Waals surface area contributed by atoms with Gasteiger partial charge in [-0.05, 0) is 49.9 Å². The number of halogens is 1. The Bertz CT molecular complexity index is 1580. The van der Waals surface area contributed by atoms with Crippen molar-refractivity contribution in [1.29, 1.82) is 0 Å². The number of rotatable bonds is 12. The first-order chi connectivity index (χ1) is 25.5. The number of hydrogen-bond acceptors (Lipinski definition) is 14. The molecule has 0 radical (unpaired) electrons. The Morgan fingerprint density at radius 3 is 2.00 bits per heavy atom. The summed E-state index contributed by atoms with van der Waals surface area (Å²) in [6.07, 6.45) is -18.3. The number of carbonyl (C=O) groups is 3. The molecule has 0 bridgehead atoms. The van der Waals surface area contributed by atoms with Crippen molar-refractivity contribution >= 4 is 18.0 Å². The summed E-state index contributed by atoms with van der Waals surface area (Å²) < 4.78 is 48.8. The summed E-state index contributed by atoms with van der Waals surface area (Å²) in [6, 6.07) is 12.5. The molecule has 2 fully saturated rings. The maximum atomic E-state index is 14.5. The molecular weight excluding hydrogens is 715 g/mol. The second-order valence-corrected chi connectivity index (χ2v) is 14.5. The van der Waals surface area contributed by atoms with Gasteiger partial charge in [-0.25, -0.2) is 14.0 Å². The highest BCUT2D eigenvalue weighted by atomic mass is 19.1. The zero-order valence-electron chi connectivity index (χ0n) is 30.5. The van der Waals surface area contributed by atoms with E-state index < -0.39 is 110 Å². The lowest BCUT2D eigenvalue weighted by atomic mass is 9.95. The molecule has 2 amide bonds. The third-order valence-electron chi connectivity index (χ3n) is 9.41. The van der Waals surface area contributed by atoms with E-state index in [4.69, 9.17) is 28.4 Å². The molecule has 2 aromatic rings. The minimum absolute atomic E-state index is 0.0638. The minimum atomic E-state index is -2.17. The van der Waals surface area contributed by atoms with Crippen LogP contribution < -0.4 is 10.6 Å². The molecule has 0 aromatic heterocycles. The van der Waals surface area contributed by atoms with Crippen LogP contribution in [0.2, 0.25) is 0 Å². The van der Waals surface area contributed by atoms with Gasteiger partial charge in [-0.1, -0.05) is 48.5 Å². The maximum Gasteiger partial charge on any atom is 0.407 e. The molecule has 0 spiro atoms. The average Bonchev–Trinajstić information content (AvgIpc) is 3.44. The number of aliphatic hydroxyl groups is 5. The van der Waals surface area contributed by atoms with Crippen LogP contribution in [0.25, 0.3) is 11.1 Å². The Labute approximate surface area is 311 Å². The van der Waals surface area contributed by atoms with Crippen molar-refractivity contribution in [2.24, 2.45) is 0 Å². The number of aliphatic hydroxyl groups excluding tert-OH is 5. The first-order valence-electron chi connectivity index (χ1n) is 17.7. The van der Waals surface area contributed by atoms with Crippen molar-refractivity contribution in [2.75, 3.05) is 19.8 Å². The van der Waals surface area contributed by atoms with Gasteiger partial charge in [0.25, 0.3) is 0 Å². The number of benzene rings is 2. The molecule has 2 saturated heterocycles. The topological polar surface area (TPSA) is 232 Å². The van der Waals surface area contributed by atoms with Crippen molar-refractivity contribution in [3.8, 4) is 11.1 Å². The predicted molar refractivity (Wildman–Crippen MR) is 185 cm³/mol. The van der Waals surface area contributed by atoms with E-state index in [2.05, 4.69) is 10.6 Å². The van der Waals surface area contributed by atoms with Gasteiger partial charge in [0.05, 0.1) is 19.3 Å². The molecule has 2 aromatic carbocycles. The molecule has 3 aliphatic rings. The lowest BCUT2D eigenvalue weighted by molar-refractivity contribution is -0.343. The summed E-state index contributed by atoms with van der Waals surface area (Å²) in [7, 11) is 0. The zero-order valence-corrected chi connectivity index (χ0v) is 30.5. The Morgan fingerprint density at radius 1 is 0.870 bits per heavy atom. The van der Waals surface area contributed by atoms with E-state index in [0.717, 1.165) is 29.2 Å². The van der Waals surface area contributed by atoms with Crippen LogP contribution in [0.3, 0.4) is 0 Å². The predicted octanol–water partition coefficient (Wildman–Crippen LogP) is 0.386. The van der Waals surface area contributed by atoms with E-state index in [1.165, 1.54) is 6.92 Å². The normalized spacial score (nSPS) is 30.7. The molecule has 5 rings (SSSR count). The molecular formula is C37H49FN2O14. The monoisotopic (exact) mass is 764 g/mol. The highest BCUT2D eigenvalue weighted by Crippen LogP contribution is 2.44. The fourth-order valence-electron chi connectivity index (χ4n) is 6.83. The van der Waals surface area contributed by atoms with Gasteiger partial charge in [0.15, 0.2) is 24.8 Å². The first kappa shape index (κ1) is 41.4. The van der Waals surface area contributed by atoms with Crippen LogP contribution in [-0.4, -0.2) is 142 Å². The van der Waals surface area contributed by atoms with Crippen LogP contribution in [0.5, 0.6) is 0 Å². The molecule has 12 atom stereocenters. The van der Waals surface area contributed by atoms with E-state index in [-0.39, 0.29) is 12.5 Å². The molecule has 10 unspecified atom stereocenters. The smallest absolute Gasteiger partial charge is 0.407 e. The van der Waals surface area contributed by atoms with Crippen LogP contribution >= 0.6 is 0 Å². The van der Waals surface area contributed by atoms with Gasteiger partial charge < -0.3 is 64.6 Å². The van der Waals surface area contributed by atoms with Crippen LogP contribution in [0.15, 0.2) is 48.5 Å². The summed E-state index contributed by atoms with van der Waals surface area (Å²) in [5.41, 5.74) is 2.98. The van der Waals surface area contributed by atoms with Gasteiger partial charge in [-0.3, -0.25) is 4.79 Å². The van der Waals surface area contributed by atoms with Crippen LogP contribution in [0, 0.1) is 0 Å². The highest BCUT2D eigenvalue weighted by Gasteiger charge is 2.53. The number of hydrogen-bond donors (Lipinski definition) is 7. The molecule has 54 heavy (non-hydrogen) atoms. The van der Waals surface area contributed by atoms with Crippen LogP contribution in [0.4, 0.5) is 9.18 Å². The molecule has 7 N–H and O–H groups in total. The van der Waals surface area contributed by atoms with Gasteiger partial charge in [-0.15, -0.1) is 0 Å². The second kappa shape index (κ2) is 17.3. The molecule has 1 aliphatic carbocycles. The summed E-state index contributed by atoms with van der Waals surface area (Å²) in [6.45, 7) is 5.65. The third-order valence-corrected chi connectivity index (χ3v) is 9.41. The molecule has 17 heteroatoms. The molecule has 16 nitrogen and oxygen atoms in total. The van der Waals surface area contributed by atoms with Crippen LogP contribution in [0.1, 0.15) is 51.7 Å². The molecule has 298 valence electrons. The fourth-order valence-corrected chi connectivity index (χ4v) is 6.83. The SMILES string of the molecule is CC(=O)NC1C(O[C@H](C)[C@H](NC(=O)OCC2c3ccccc3-c3ccccc32)C(=O)OC(C)(C)C)OC(CO)C(O)C1OC1OC(CO)C(F)C(O)C1O. The van der Waals surface area contributed by atoms with E-state index in [1.54, 1.807) is 20.8 Å². The fraction of sp³-hybridized carbons (Fsp3) is 0.595. The van der Waals surface area contributed by atoms with Crippen molar-refractivity contribution < 1.29 is 72.7 Å². The van der Waals surface area contributed by atoms with Gasteiger partial charge >= 0.3 is 12.1 Å². The Hall–Kier alpha value is -3.78. The highest BCUT2D eigenvalue weighted by molar-refractivity contribution is 5.83. The maximum absolute atomic E-state index is 14.5. The average molecular weight is 765 g/mol. The molecule has 2 aliphatic heterocycles. The first-order valence-corrected chi connectivity index (χ1v) is 17.7. The number of ether oxygens (including phenoxy) is 6. The van der Waals surface area contributed by atoms with E-state index in [9.17, 15) is 44.3 Å². The number of carbonyl (C=O) groups excluding carboxylic acids is 3. The number of alkyl carbamates (subject to hydrolysis) is 1. The van der Waals surface area contributed by atoms with Crippen molar-refractivity contribution in [1.82, 2.24) is 10.6 Å². The Morgan fingerprint density at radius 2 is 1.44 bits per heavy atom. The van der Waals surface area contributed by atoms with E-state index in [0.29, 0.717) is 0 Å². The lowest BCUT2D eigenvalue weighted by Crippen LogP contribution is -2.68. The second-order valence-electron chi connectivity index (χ2n) is 14.5. The largest absolute Gasteiger partial charge is 0.458 e. The zero-order chi connectivity index (χ0) is 39.5. The van der Waals surface area contributed by atoms with E-state index >= 15 is 0 Å². The van der Waals surface area contributed by atoms with Crippen molar-refractivity contribution in [3.05, 3.63) is 59.7 Å². The number of fused-ring (bicyclic) bond motifs is 3. The number of esters is 1. The van der Waals surface area contributed by atoms with Gasteiger partial charge in [0.2, 0.25) is 5.91 Å². The Balaban J connectivity index is 1.36. The quantitative estimate of drug-likeness (QED) is 0.145. The minimum Gasteiger partial charge on any atom is -0.458 e. The summed E-state index contributed by atoms with van der Waals surface area (Å²) in [4.78, 5) is 39.4. The standard InChI is InChI=1S/C37H49FN2O14/c1-17(50-34-28(39-18(2)43)32(29(44)25(15-42)52-34)53-35-31(46)30(45)26(38)24(14-41)51-35)27(33(47)54-37(3,4)5)40-36(48)49-16-23-21-12-8-6-10-19(21)20-11-7-9-13-22(20)23/h6-13,17,23-32,34-35,41-42,44-46H,14-16H2,1-5H3,(H,39,43)(H,40,48)/t17-,24?,25?,26?,27+,28?,29?,30?,31?,32?,34?,35?/m1/s1. The number of nitrogens with one attached hydrogen (secondary N) is 2. The molecule has 2 heterocycles. The Kier molecular flexibility index (Phi) is 13.3. The summed E-state index contributed by atoms with van der Waals surface area (Å²) in [5.74, 6) is -1.86. The summed E-state index contributed by atoms with van der Waals surface area (Å²) in [5, 5.41) is 56.6. The van der Waals surface area contributed by atoms with Gasteiger partial charge in [-0.2, -0.15) is 0 Å². The van der Waals surface area contributed by atoms with Crippen LogP contribution in [-0.2, 0) is 38.0 Å². The van der Waals surface area contributed by atoms with Crippen molar-refractivity contribution in [2.45, 2.75) is 120 Å². The number of amides is 2. The summed E-state index contributed by atoms with van der Waals surface area (Å²) >= 11 is 0. The number of alkyl halides is 1. The van der Waals surface area contributed by atoms with Crippen molar-refractivity contribution in [3.63, 3.8) is 0 Å².